The summed E-state index contributed by atoms with van der Waals surface area (Å²) in [4.78, 5) is 3.81. The van der Waals surface area contributed by atoms with Crippen molar-refractivity contribution in [3.8, 4) is 11.1 Å². The first-order valence-corrected chi connectivity index (χ1v) is 10.4. The molecule has 4 aromatic rings. The van der Waals surface area contributed by atoms with Gasteiger partial charge in [-0.1, -0.05) is 54.6 Å². The van der Waals surface area contributed by atoms with Crippen molar-refractivity contribution >= 4 is 26.6 Å². The average molecular weight is 428 g/mol. The lowest BCUT2D eigenvalue weighted by molar-refractivity contribution is -0.136. The number of para-hydroxylation sites is 1. The van der Waals surface area contributed by atoms with Crippen molar-refractivity contribution in [2.24, 2.45) is 0 Å². The second-order valence-corrected chi connectivity index (χ2v) is 8.24. The van der Waals surface area contributed by atoms with Crippen LogP contribution in [0.2, 0.25) is 0 Å². The molecule has 152 valence electrons. The van der Waals surface area contributed by atoms with Crippen molar-refractivity contribution in [2.75, 3.05) is 4.72 Å². The van der Waals surface area contributed by atoms with E-state index < -0.39 is 21.8 Å². The number of benzene rings is 3. The van der Waals surface area contributed by atoms with Gasteiger partial charge in [-0.25, -0.2) is 8.42 Å². The van der Waals surface area contributed by atoms with Crippen LogP contribution in [0.4, 0.5) is 18.9 Å². The highest BCUT2D eigenvalue weighted by atomic mass is 32.2. The maximum absolute atomic E-state index is 13.3. The molecular weight excluding hydrogens is 413 g/mol. The number of alkyl halides is 3. The minimum atomic E-state index is -4.60. The standard InChI is InChI=1S/C22H15F3N2O2S/c23-22(24,25)19-11-5-10-18-20(12-13-26-21(18)19)27-30(28,29)17-9-4-8-16(14-17)15-6-2-1-3-7-15/h1-14H,(H,26,27). The van der Waals surface area contributed by atoms with Crippen molar-refractivity contribution in [2.45, 2.75) is 11.1 Å². The van der Waals surface area contributed by atoms with E-state index in [4.69, 9.17) is 0 Å². The van der Waals surface area contributed by atoms with Gasteiger partial charge in [0, 0.05) is 11.6 Å². The van der Waals surface area contributed by atoms with Crippen molar-refractivity contribution in [1.82, 2.24) is 4.98 Å². The number of sulfonamides is 1. The lowest BCUT2D eigenvalue weighted by Crippen LogP contribution is -2.14. The highest BCUT2D eigenvalue weighted by Gasteiger charge is 2.33. The van der Waals surface area contributed by atoms with Gasteiger partial charge in [0.15, 0.2) is 0 Å². The normalized spacial score (nSPS) is 12.1. The van der Waals surface area contributed by atoms with Gasteiger partial charge in [-0.15, -0.1) is 0 Å². The molecular formula is C22H15F3N2O2S. The number of anilines is 1. The highest BCUT2D eigenvalue weighted by molar-refractivity contribution is 7.92. The number of aromatic nitrogens is 1. The van der Waals surface area contributed by atoms with Crippen LogP contribution in [0.5, 0.6) is 0 Å². The van der Waals surface area contributed by atoms with Crippen molar-refractivity contribution in [3.63, 3.8) is 0 Å². The van der Waals surface area contributed by atoms with Crippen LogP contribution in [-0.2, 0) is 16.2 Å². The first kappa shape index (κ1) is 19.9. The van der Waals surface area contributed by atoms with Crippen molar-refractivity contribution in [1.29, 1.82) is 0 Å². The average Bonchev–Trinajstić information content (AvgIpc) is 2.73. The molecule has 0 aliphatic carbocycles. The van der Waals surface area contributed by atoms with Crippen LogP contribution in [-0.4, -0.2) is 13.4 Å². The minimum Gasteiger partial charge on any atom is -0.279 e. The Morgan fingerprint density at radius 1 is 0.800 bits per heavy atom. The summed E-state index contributed by atoms with van der Waals surface area (Å²) in [6.07, 6.45) is -3.45. The first-order chi connectivity index (χ1) is 14.3. The summed E-state index contributed by atoms with van der Waals surface area (Å²) < 4.78 is 68.2. The number of halogens is 3. The number of rotatable bonds is 4. The zero-order chi connectivity index (χ0) is 21.4. The van der Waals surface area contributed by atoms with Gasteiger partial charge in [-0.05, 0) is 35.4 Å². The zero-order valence-corrected chi connectivity index (χ0v) is 16.2. The van der Waals surface area contributed by atoms with Gasteiger partial charge in [-0.2, -0.15) is 13.2 Å². The minimum absolute atomic E-state index is 0.000733. The molecule has 0 aliphatic rings. The molecule has 0 radical (unpaired) electrons. The largest absolute Gasteiger partial charge is 0.418 e. The zero-order valence-electron chi connectivity index (χ0n) is 15.4. The summed E-state index contributed by atoms with van der Waals surface area (Å²) in [7, 11) is -4.04. The molecule has 1 heterocycles. The van der Waals surface area contributed by atoms with Crippen molar-refractivity contribution in [3.05, 3.63) is 90.6 Å². The van der Waals surface area contributed by atoms with Crippen LogP contribution >= 0.6 is 0 Å². The molecule has 0 unspecified atom stereocenters. The molecule has 0 atom stereocenters. The van der Waals surface area contributed by atoms with E-state index >= 15 is 0 Å². The number of nitrogens with one attached hydrogen (secondary N) is 1. The fourth-order valence-electron chi connectivity index (χ4n) is 3.17. The maximum atomic E-state index is 13.3. The Morgan fingerprint density at radius 2 is 1.50 bits per heavy atom. The second kappa shape index (κ2) is 7.46. The van der Waals surface area contributed by atoms with E-state index in [1.807, 2.05) is 30.3 Å². The third-order valence-electron chi connectivity index (χ3n) is 4.57. The summed E-state index contributed by atoms with van der Waals surface area (Å²) in [5.41, 5.74) is 0.336. The molecule has 0 aliphatic heterocycles. The number of fused-ring (bicyclic) bond motifs is 1. The molecule has 4 rings (SSSR count). The number of hydrogen-bond acceptors (Lipinski definition) is 3. The summed E-state index contributed by atoms with van der Waals surface area (Å²) in [6, 6.07) is 20.5. The van der Waals surface area contributed by atoms with Gasteiger partial charge in [-0.3, -0.25) is 9.71 Å². The molecule has 3 aromatic carbocycles. The van der Waals surface area contributed by atoms with E-state index in [1.165, 1.54) is 30.3 Å². The predicted octanol–water partition coefficient (Wildman–Crippen LogP) is 5.72. The maximum Gasteiger partial charge on any atom is 0.418 e. The highest BCUT2D eigenvalue weighted by Crippen LogP contribution is 2.36. The fourth-order valence-corrected chi connectivity index (χ4v) is 4.30. The van der Waals surface area contributed by atoms with Gasteiger partial charge in [0.2, 0.25) is 0 Å². The van der Waals surface area contributed by atoms with Gasteiger partial charge in [0.1, 0.15) is 0 Å². The van der Waals surface area contributed by atoms with E-state index in [0.29, 0.717) is 5.56 Å². The molecule has 0 amide bonds. The molecule has 30 heavy (non-hydrogen) atoms. The third kappa shape index (κ3) is 3.86. The smallest absolute Gasteiger partial charge is 0.279 e. The Kier molecular flexibility index (Phi) is 4.95. The van der Waals surface area contributed by atoms with Gasteiger partial charge in [0.25, 0.3) is 10.0 Å². The monoisotopic (exact) mass is 428 g/mol. The molecule has 0 saturated heterocycles. The van der Waals surface area contributed by atoms with E-state index in [9.17, 15) is 21.6 Å². The summed E-state index contributed by atoms with van der Waals surface area (Å²) in [5, 5.41) is 0.0649. The second-order valence-electron chi connectivity index (χ2n) is 6.56. The molecule has 0 spiro atoms. The molecule has 4 nitrogen and oxygen atoms in total. The van der Waals surface area contributed by atoms with Crippen LogP contribution in [0.1, 0.15) is 5.56 Å². The molecule has 8 heteroatoms. The van der Waals surface area contributed by atoms with E-state index in [1.54, 1.807) is 12.1 Å². The number of nitrogens with zero attached hydrogens (tertiary/aromatic N) is 1. The van der Waals surface area contributed by atoms with Crippen LogP contribution in [0.3, 0.4) is 0 Å². The lowest BCUT2D eigenvalue weighted by Gasteiger charge is -2.14. The van der Waals surface area contributed by atoms with Gasteiger partial charge >= 0.3 is 6.18 Å². The van der Waals surface area contributed by atoms with E-state index in [-0.39, 0.29) is 21.5 Å². The quantitative estimate of drug-likeness (QED) is 0.452. The Hall–Kier alpha value is -3.39. The molecule has 1 N–H and O–H groups in total. The lowest BCUT2D eigenvalue weighted by atomic mass is 10.1. The first-order valence-electron chi connectivity index (χ1n) is 8.89. The Labute approximate surface area is 171 Å². The summed E-state index contributed by atoms with van der Waals surface area (Å²) in [5.74, 6) is 0. The predicted molar refractivity (Wildman–Crippen MR) is 109 cm³/mol. The van der Waals surface area contributed by atoms with Gasteiger partial charge < -0.3 is 0 Å². The SMILES string of the molecule is O=S(=O)(Nc1ccnc2c(C(F)(F)F)cccc12)c1cccc(-c2ccccc2)c1. The molecule has 0 saturated carbocycles. The van der Waals surface area contributed by atoms with Crippen LogP contribution < -0.4 is 4.72 Å². The van der Waals surface area contributed by atoms with Crippen molar-refractivity contribution < 1.29 is 21.6 Å². The molecule has 0 fully saturated rings. The third-order valence-corrected chi connectivity index (χ3v) is 5.94. The number of pyridine rings is 1. The van der Waals surface area contributed by atoms with E-state index in [2.05, 4.69) is 9.71 Å². The molecule has 0 bridgehead atoms. The summed E-state index contributed by atoms with van der Waals surface area (Å²) >= 11 is 0. The fraction of sp³-hybridized carbons (Fsp3) is 0.0455. The van der Waals surface area contributed by atoms with Crippen LogP contribution in [0.15, 0.2) is 90.0 Å². The van der Waals surface area contributed by atoms with Gasteiger partial charge in [0.05, 0.1) is 21.7 Å². The summed E-state index contributed by atoms with van der Waals surface area (Å²) in [6.45, 7) is 0. The Morgan fingerprint density at radius 3 is 2.23 bits per heavy atom. The molecule has 1 aromatic heterocycles. The Balaban J connectivity index is 1.76. The number of hydrogen-bond donors (Lipinski definition) is 1. The topological polar surface area (TPSA) is 59.1 Å². The van der Waals surface area contributed by atoms with E-state index in [0.717, 1.165) is 17.8 Å². The van der Waals surface area contributed by atoms with Crippen LogP contribution in [0, 0.1) is 0 Å². The van der Waals surface area contributed by atoms with Crippen LogP contribution in [0.25, 0.3) is 22.0 Å². The Bertz CT molecular complexity index is 1320.